The number of rotatable bonds is 8. The van der Waals surface area contributed by atoms with Gasteiger partial charge in [0.1, 0.15) is 12.4 Å². The Morgan fingerprint density at radius 3 is 2.40 bits per heavy atom. The van der Waals surface area contributed by atoms with E-state index in [1.165, 1.54) is 12.1 Å². The third-order valence-electron chi connectivity index (χ3n) is 2.53. The van der Waals surface area contributed by atoms with E-state index in [1.807, 2.05) is 0 Å². The van der Waals surface area contributed by atoms with Crippen molar-refractivity contribution in [1.29, 1.82) is 0 Å². The summed E-state index contributed by atoms with van der Waals surface area (Å²) in [5.74, 6) is 0.341. The van der Waals surface area contributed by atoms with Gasteiger partial charge in [-0.2, -0.15) is 13.2 Å². The first-order valence-electron chi connectivity index (χ1n) is 6.08. The molecule has 0 unspecified atom stereocenters. The Balaban J connectivity index is 2.52. The average molecular weight is 293 g/mol. The quantitative estimate of drug-likeness (QED) is 0.747. The smallest absolute Gasteiger partial charge is 0.416 e. The van der Waals surface area contributed by atoms with Gasteiger partial charge in [0.15, 0.2) is 0 Å². The molecule has 0 fully saturated rings. The molecule has 0 bridgehead atoms. The summed E-state index contributed by atoms with van der Waals surface area (Å²) in [4.78, 5) is 0. The monoisotopic (exact) mass is 293 g/mol. The minimum atomic E-state index is -4.41. The van der Waals surface area contributed by atoms with Crippen molar-refractivity contribution in [1.82, 2.24) is 0 Å². The molecule has 0 amide bonds. The number of hydrogen-bond acceptors (Lipinski definition) is 4. The number of ether oxygens (including phenoxy) is 3. The maximum Gasteiger partial charge on any atom is 0.416 e. The van der Waals surface area contributed by atoms with Gasteiger partial charge in [0.25, 0.3) is 0 Å². The van der Waals surface area contributed by atoms with Gasteiger partial charge in [-0.3, -0.25) is 0 Å². The van der Waals surface area contributed by atoms with Gasteiger partial charge >= 0.3 is 6.18 Å². The normalized spacial score (nSPS) is 11.7. The molecule has 0 atom stereocenters. The van der Waals surface area contributed by atoms with Gasteiger partial charge in [-0.1, -0.05) is 0 Å². The van der Waals surface area contributed by atoms with Crippen LogP contribution in [0, 0.1) is 0 Å². The Morgan fingerprint density at radius 1 is 1.10 bits per heavy atom. The molecule has 0 aliphatic heterocycles. The van der Waals surface area contributed by atoms with Crippen molar-refractivity contribution in [3.05, 3.63) is 29.3 Å². The summed E-state index contributed by atoms with van der Waals surface area (Å²) < 4.78 is 53.3. The Kier molecular flexibility index (Phi) is 6.77. The Hall–Kier alpha value is -1.31. The number of hydrogen-bond donors (Lipinski definition) is 1. The molecule has 0 aromatic heterocycles. The number of methoxy groups -OCH3 is 1. The maximum atomic E-state index is 12.7. The summed E-state index contributed by atoms with van der Waals surface area (Å²) in [6.45, 7) is 1.32. The van der Waals surface area contributed by atoms with Crippen molar-refractivity contribution in [3.63, 3.8) is 0 Å². The SMILES string of the molecule is COCCOCCOc1ccc(C(F)(F)F)c(CN)c1. The predicted molar refractivity (Wildman–Crippen MR) is 67.5 cm³/mol. The van der Waals surface area contributed by atoms with Crippen molar-refractivity contribution in [2.45, 2.75) is 12.7 Å². The van der Waals surface area contributed by atoms with E-state index in [9.17, 15) is 13.2 Å². The second kappa shape index (κ2) is 8.08. The van der Waals surface area contributed by atoms with Gasteiger partial charge < -0.3 is 19.9 Å². The highest BCUT2D eigenvalue weighted by Crippen LogP contribution is 2.33. The second-order valence-electron chi connectivity index (χ2n) is 3.97. The topological polar surface area (TPSA) is 53.7 Å². The van der Waals surface area contributed by atoms with Crippen molar-refractivity contribution in [3.8, 4) is 5.75 Å². The number of halogens is 3. The van der Waals surface area contributed by atoms with E-state index in [-0.39, 0.29) is 18.7 Å². The molecule has 0 aliphatic rings. The third-order valence-corrected chi connectivity index (χ3v) is 2.53. The zero-order chi connectivity index (χ0) is 15.0. The van der Waals surface area contributed by atoms with Crippen molar-refractivity contribution >= 4 is 0 Å². The van der Waals surface area contributed by atoms with Crippen molar-refractivity contribution in [2.24, 2.45) is 5.73 Å². The molecule has 0 saturated carbocycles. The summed E-state index contributed by atoms with van der Waals surface area (Å²) in [5, 5.41) is 0. The molecule has 1 aromatic carbocycles. The van der Waals surface area contributed by atoms with Crippen LogP contribution in [0.2, 0.25) is 0 Å². The fourth-order valence-corrected chi connectivity index (χ4v) is 1.57. The standard InChI is InChI=1S/C13H18F3NO3/c1-18-4-5-19-6-7-20-11-2-3-12(13(14,15)16)10(8-11)9-17/h2-3,8H,4-7,9,17H2,1H3. The van der Waals surface area contributed by atoms with Crippen LogP contribution in [0.25, 0.3) is 0 Å². The lowest BCUT2D eigenvalue weighted by molar-refractivity contribution is -0.138. The molecule has 0 heterocycles. The maximum absolute atomic E-state index is 12.7. The van der Waals surface area contributed by atoms with Crippen molar-refractivity contribution < 1.29 is 27.4 Å². The van der Waals surface area contributed by atoms with Crippen LogP contribution in [-0.2, 0) is 22.2 Å². The van der Waals surface area contributed by atoms with E-state index >= 15 is 0 Å². The van der Waals surface area contributed by atoms with Gasteiger partial charge in [0.2, 0.25) is 0 Å². The Morgan fingerprint density at radius 2 is 1.80 bits per heavy atom. The molecule has 1 aromatic rings. The van der Waals surface area contributed by atoms with E-state index in [1.54, 1.807) is 7.11 Å². The van der Waals surface area contributed by atoms with Crippen LogP contribution in [0.3, 0.4) is 0 Å². The lowest BCUT2D eigenvalue weighted by Crippen LogP contribution is -2.13. The summed E-state index contributed by atoms with van der Waals surface area (Å²) >= 11 is 0. The minimum absolute atomic E-state index is 0.00954. The van der Waals surface area contributed by atoms with Gasteiger partial charge in [0.05, 0.1) is 25.4 Å². The van der Waals surface area contributed by atoms with E-state index in [2.05, 4.69) is 0 Å². The van der Waals surface area contributed by atoms with Crippen LogP contribution in [0.1, 0.15) is 11.1 Å². The number of alkyl halides is 3. The molecule has 4 nitrogen and oxygen atoms in total. The summed E-state index contributed by atoms with van der Waals surface area (Å²) in [6.07, 6.45) is -4.41. The van der Waals surface area contributed by atoms with Gasteiger partial charge in [0, 0.05) is 13.7 Å². The fourth-order valence-electron chi connectivity index (χ4n) is 1.57. The fraction of sp³-hybridized carbons (Fsp3) is 0.538. The van der Waals surface area contributed by atoms with Gasteiger partial charge in [-0.15, -0.1) is 0 Å². The summed E-state index contributed by atoms with van der Waals surface area (Å²) in [6, 6.07) is 3.55. The highest BCUT2D eigenvalue weighted by atomic mass is 19.4. The van der Waals surface area contributed by atoms with E-state index in [0.717, 1.165) is 6.07 Å². The van der Waals surface area contributed by atoms with Crippen molar-refractivity contribution in [2.75, 3.05) is 33.5 Å². The molecule has 2 N–H and O–H groups in total. The molecule has 114 valence electrons. The first kappa shape index (κ1) is 16.7. The lowest BCUT2D eigenvalue weighted by Gasteiger charge is -2.14. The average Bonchev–Trinajstić information content (AvgIpc) is 2.41. The summed E-state index contributed by atoms with van der Waals surface area (Å²) in [5.41, 5.74) is 4.61. The van der Waals surface area contributed by atoms with Gasteiger partial charge in [-0.25, -0.2) is 0 Å². The molecule has 0 aliphatic carbocycles. The number of nitrogens with two attached hydrogens (primary N) is 1. The minimum Gasteiger partial charge on any atom is -0.491 e. The van der Waals surface area contributed by atoms with E-state index in [4.69, 9.17) is 19.9 Å². The van der Waals surface area contributed by atoms with Crippen LogP contribution < -0.4 is 10.5 Å². The molecule has 0 spiro atoms. The van der Waals surface area contributed by atoms with E-state index in [0.29, 0.717) is 25.6 Å². The van der Waals surface area contributed by atoms with Crippen LogP contribution in [0.15, 0.2) is 18.2 Å². The first-order valence-corrected chi connectivity index (χ1v) is 6.08. The zero-order valence-corrected chi connectivity index (χ0v) is 11.2. The first-order chi connectivity index (χ1) is 9.49. The molecule has 20 heavy (non-hydrogen) atoms. The van der Waals surface area contributed by atoms with Gasteiger partial charge in [-0.05, 0) is 23.8 Å². The molecular formula is C13H18F3NO3. The molecule has 7 heteroatoms. The van der Waals surface area contributed by atoms with E-state index < -0.39 is 11.7 Å². The Labute approximate surface area is 115 Å². The summed E-state index contributed by atoms with van der Waals surface area (Å²) in [7, 11) is 1.57. The lowest BCUT2D eigenvalue weighted by atomic mass is 10.1. The zero-order valence-electron chi connectivity index (χ0n) is 11.2. The predicted octanol–water partition coefficient (Wildman–Crippen LogP) is 2.21. The van der Waals surface area contributed by atoms with Crippen LogP contribution in [0.5, 0.6) is 5.75 Å². The Bertz CT molecular complexity index is 410. The van der Waals surface area contributed by atoms with Crippen LogP contribution >= 0.6 is 0 Å². The highest BCUT2D eigenvalue weighted by molar-refractivity contribution is 5.37. The molecular weight excluding hydrogens is 275 g/mol. The highest BCUT2D eigenvalue weighted by Gasteiger charge is 2.32. The molecule has 0 radical (unpaired) electrons. The second-order valence-corrected chi connectivity index (χ2v) is 3.97. The third kappa shape index (κ3) is 5.36. The van der Waals surface area contributed by atoms with Crippen LogP contribution in [0.4, 0.5) is 13.2 Å². The largest absolute Gasteiger partial charge is 0.491 e. The molecule has 1 rings (SSSR count). The molecule has 0 saturated heterocycles. The van der Waals surface area contributed by atoms with Crippen LogP contribution in [-0.4, -0.2) is 33.5 Å². The number of benzene rings is 1.